The summed E-state index contributed by atoms with van der Waals surface area (Å²) in [5.74, 6) is 0.932. The predicted octanol–water partition coefficient (Wildman–Crippen LogP) is 3.40. The molecule has 1 aromatic carbocycles. The molecular weight excluding hydrogens is 310 g/mol. The lowest BCUT2D eigenvalue weighted by atomic mass is 10.3. The third kappa shape index (κ3) is 4.33. The van der Waals surface area contributed by atoms with Crippen LogP contribution in [0.3, 0.4) is 0 Å². The van der Waals surface area contributed by atoms with Crippen LogP contribution in [0.1, 0.15) is 25.4 Å². The minimum absolute atomic E-state index is 0.130. The summed E-state index contributed by atoms with van der Waals surface area (Å²) in [5, 5.41) is 3.44. The van der Waals surface area contributed by atoms with Gasteiger partial charge in [0.25, 0.3) is 0 Å². The van der Waals surface area contributed by atoms with E-state index in [2.05, 4.69) is 5.32 Å². The number of furan rings is 1. The van der Waals surface area contributed by atoms with Crippen LogP contribution in [0.15, 0.2) is 45.7 Å². The molecule has 0 aliphatic carbocycles. The Morgan fingerprint density at radius 1 is 1.14 bits per heavy atom. The third-order valence-electron chi connectivity index (χ3n) is 2.91. The molecule has 0 saturated carbocycles. The Kier molecular flexibility index (Phi) is 5.08. The van der Waals surface area contributed by atoms with Crippen molar-refractivity contribution >= 4 is 21.4 Å². The van der Waals surface area contributed by atoms with E-state index in [1.165, 1.54) is 6.07 Å². The Labute approximate surface area is 130 Å². The van der Waals surface area contributed by atoms with Gasteiger partial charge in [0.15, 0.2) is 9.84 Å². The third-order valence-corrected chi connectivity index (χ3v) is 5.04. The lowest BCUT2D eigenvalue weighted by Gasteiger charge is -2.06. The Bertz CT molecular complexity index is 707. The molecule has 0 fully saturated rings. The van der Waals surface area contributed by atoms with Gasteiger partial charge in [0.05, 0.1) is 16.5 Å². The van der Waals surface area contributed by atoms with Gasteiger partial charge in [0.1, 0.15) is 17.3 Å². The molecule has 1 N–H and O–H groups in total. The summed E-state index contributed by atoms with van der Waals surface area (Å²) in [4.78, 5) is 0.130. The van der Waals surface area contributed by atoms with Crippen LogP contribution in [0, 0.1) is 0 Å². The second-order valence-electron chi connectivity index (χ2n) is 5.09. The van der Waals surface area contributed by atoms with Gasteiger partial charge in [-0.15, -0.1) is 0 Å². The quantitative estimate of drug-likeness (QED) is 0.883. The van der Waals surface area contributed by atoms with Gasteiger partial charge in [-0.25, -0.2) is 8.42 Å². The molecule has 2 rings (SSSR count). The van der Waals surface area contributed by atoms with Crippen LogP contribution < -0.4 is 5.32 Å². The molecule has 6 heteroatoms. The zero-order chi connectivity index (χ0) is 15.5. The van der Waals surface area contributed by atoms with E-state index < -0.39 is 9.84 Å². The topological polar surface area (TPSA) is 59.3 Å². The van der Waals surface area contributed by atoms with E-state index in [0.29, 0.717) is 24.1 Å². The van der Waals surface area contributed by atoms with E-state index in [4.69, 9.17) is 16.0 Å². The highest BCUT2D eigenvalue weighted by Crippen LogP contribution is 2.24. The van der Waals surface area contributed by atoms with E-state index in [1.807, 2.05) is 13.8 Å². The summed E-state index contributed by atoms with van der Waals surface area (Å²) in [6.07, 6.45) is 0. The SMILES string of the molecule is CC(C)NCc1ccc(CS(=O)(=O)c2ccccc2Cl)o1. The van der Waals surface area contributed by atoms with Crippen molar-refractivity contribution in [2.24, 2.45) is 0 Å². The number of halogens is 1. The summed E-state index contributed by atoms with van der Waals surface area (Å²) >= 11 is 5.94. The number of nitrogens with one attached hydrogen (secondary N) is 1. The molecule has 21 heavy (non-hydrogen) atoms. The van der Waals surface area contributed by atoms with E-state index in [-0.39, 0.29) is 15.7 Å². The van der Waals surface area contributed by atoms with E-state index in [0.717, 1.165) is 0 Å². The highest BCUT2D eigenvalue weighted by Gasteiger charge is 2.20. The molecule has 1 heterocycles. The van der Waals surface area contributed by atoms with Gasteiger partial charge in [-0.2, -0.15) is 0 Å². The molecule has 0 amide bonds. The van der Waals surface area contributed by atoms with Gasteiger partial charge in [-0.05, 0) is 24.3 Å². The number of rotatable bonds is 6. The first-order valence-corrected chi connectivity index (χ1v) is 8.70. The fourth-order valence-corrected chi connectivity index (χ4v) is 3.69. The fourth-order valence-electron chi connectivity index (χ4n) is 1.86. The fraction of sp³-hybridized carbons (Fsp3) is 0.333. The summed E-state index contributed by atoms with van der Waals surface area (Å²) in [6.45, 7) is 4.64. The molecular formula is C15H18ClNO3S. The van der Waals surface area contributed by atoms with Crippen molar-refractivity contribution in [1.82, 2.24) is 5.32 Å². The minimum Gasteiger partial charge on any atom is -0.464 e. The lowest BCUT2D eigenvalue weighted by molar-refractivity contribution is 0.443. The average molecular weight is 328 g/mol. The molecule has 0 spiro atoms. The van der Waals surface area contributed by atoms with Gasteiger partial charge in [-0.1, -0.05) is 37.6 Å². The first kappa shape index (κ1) is 16.1. The zero-order valence-corrected chi connectivity index (χ0v) is 13.5. The zero-order valence-electron chi connectivity index (χ0n) is 12.0. The Balaban J connectivity index is 2.13. The molecule has 0 unspecified atom stereocenters. The average Bonchev–Trinajstić information content (AvgIpc) is 2.83. The van der Waals surface area contributed by atoms with Crippen molar-refractivity contribution in [3.8, 4) is 0 Å². The maximum atomic E-state index is 12.3. The molecule has 0 saturated heterocycles. The number of hydrogen-bond acceptors (Lipinski definition) is 4. The van der Waals surface area contributed by atoms with E-state index in [9.17, 15) is 8.42 Å². The summed E-state index contributed by atoms with van der Waals surface area (Å²) in [7, 11) is -3.51. The molecule has 0 radical (unpaired) electrons. The first-order chi connectivity index (χ1) is 9.88. The van der Waals surface area contributed by atoms with E-state index >= 15 is 0 Å². The molecule has 0 aliphatic rings. The van der Waals surface area contributed by atoms with Gasteiger partial charge in [-0.3, -0.25) is 0 Å². The monoisotopic (exact) mass is 327 g/mol. The van der Waals surface area contributed by atoms with Crippen LogP contribution in [0.4, 0.5) is 0 Å². The van der Waals surface area contributed by atoms with Gasteiger partial charge in [0.2, 0.25) is 0 Å². The first-order valence-electron chi connectivity index (χ1n) is 6.67. The maximum Gasteiger partial charge on any atom is 0.187 e. The summed E-state index contributed by atoms with van der Waals surface area (Å²) in [6, 6.07) is 10.2. The van der Waals surface area contributed by atoms with Crippen molar-refractivity contribution in [2.45, 2.75) is 37.1 Å². The van der Waals surface area contributed by atoms with Crippen LogP contribution in [0.5, 0.6) is 0 Å². The normalized spacial score (nSPS) is 12.0. The highest BCUT2D eigenvalue weighted by molar-refractivity contribution is 7.90. The largest absolute Gasteiger partial charge is 0.464 e. The van der Waals surface area contributed by atoms with Gasteiger partial charge < -0.3 is 9.73 Å². The summed E-state index contributed by atoms with van der Waals surface area (Å²) < 4.78 is 30.2. The van der Waals surface area contributed by atoms with Crippen molar-refractivity contribution in [2.75, 3.05) is 0 Å². The van der Waals surface area contributed by atoms with Crippen LogP contribution in [-0.2, 0) is 22.1 Å². The second kappa shape index (κ2) is 6.64. The van der Waals surface area contributed by atoms with Crippen molar-refractivity contribution in [1.29, 1.82) is 0 Å². The van der Waals surface area contributed by atoms with Crippen molar-refractivity contribution in [3.05, 3.63) is 52.9 Å². The molecule has 0 atom stereocenters. The van der Waals surface area contributed by atoms with Crippen molar-refractivity contribution in [3.63, 3.8) is 0 Å². The molecule has 114 valence electrons. The smallest absolute Gasteiger partial charge is 0.187 e. The van der Waals surface area contributed by atoms with Gasteiger partial charge >= 0.3 is 0 Å². The highest BCUT2D eigenvalue weighted by atomic mass is 35.5. The second-order valence-corrected chi connectivity index (χ2v) is 7.46. The Morgan fingerprint density at radius 2 is 1.81 bits per heavy atom. The molecule has 0 aliphatic heterocycles. The standard InChI is InChI=1S/C15H18ClNO3S/c1-11(2)17-9-12-7-8-13(20-12)10-21(18,19)15-6-4-3-5-14(15)16/h3-8,11,17H,9-10H2,1-2H3. The Hall–Kier alpha value is -1.30. The van der Waals surface area contributed by atoms with Crippen LogP contribution >= 0.6 is 11.6 Å². The minimum atomic E-state index is -3.51. The number of benzene rings is 1. The lowest BCUT2D eigenvalue weighted by Crippen LogP contribution is -2.21. The molecule has 4 nitrogen and oxygen atoms in total. The van der Waals surface area contributed by atoms with Crippen molar-refractivity contribution < 1.29 is 12.8 Å². The van der Waals surface area contributed by atoms with Crippen LogP contribution in [0.2, 0.25) is 5.02 Å². The van der Waals surface area contributed by atoms with Crippen LogP contribution in [-0.4, -0.2) is 14.5 Å². The van der Waals surface area contributed by atoms with Crippen LogP contribution in [0.25, 0.3) is 0 Å². The molecule has 2 aromatic rings. The molecule has 1 aromatic heterocycles. The number of hydrogen-bond donors (Lipinski definition) is 1. The summed E-state index contributed by atoms with van der Waals surface area (Å²) in [5.41, 5.74) is 0. The van der Waals surface area contributed by atoms with Gasteiger partial charge in [0, 0.05) is 6.04 Å². The maximum absolute atomic E-state index is 12.3. The number of sulfone groups is 1. The Morgan fingerprint density at radius 3 is 2.48 bits per heavy atom. The molecule has 0 bridgehead atoms. The van der Waals surface area contributed by atoms with E-state index in [1.54, 1.807) is 30.3 Å². The predicted molar refractivity (Wildman–Crippen MR) is 83.0 cm³/mol.